The summed E-state index contributed by atoms with van der Waals surface area (Å²) in [5, 5.41) is 3.04. The Bertz CT molecular complexity index is 942. The summed E-state index contributed by atoms with van der Waals surface area (Å²) in [6, 6.07) is 16.9. The largest absolute Gasteiger partial charge is 0.290 e. The van der Waals surface area contributed by atoms with Crippen LogP contribution in [0.1, 0.15) is 16.7 Å². The minimum absolute atomic E-state index is 0.925. The van der Waals surface area contributed by atoms with Crippen molar-refractivity contribution in [1.29, 1.82) is 0 Å². The van der Waals surface area contributed by atoms with Crippen LogP contribution in [0.4, 0.5) is 0 Å². The number of aryl methyl sites for hydroxylation is 2. The van der Waals surface area contributed by atoms with Gasteiger partial charge in [0.2, 0.25) is 0 Å². The second-order valence-corrected chi connectivity index (χ2v) is 7.45. The summed E-state index contributed by atoms with van der Waals surface area (Å²) in [6.07, 6.45) is 0. The molecule has 0 fully saturated rings. The highest BCUT2D eigenvalue weighted by atomic mass is 79.9. The Kier molecular flexibility index (Phi) is 3.98. The average Bonchev–Trinajstić information content (AvgIpc) is 2.92. The Hall–Kier alpha value is -1.98. The van der Waals surface area contributed by atoms with Crippen LogP contribution in [-0.2, 0) is 0 Å². The number of hydrogen-bond acceptors (Lipinski definition) is 3. The number of nitrogens with zero attached hydrogens (tertiary/aromatic N) is 2. The number of hydrogen-bond donors (Lipinski definition) is 1. The van der Waals surface area contributed by atoms with Crippen molar-refractivity contribution >= 4 is 33.4 Å². The zero-order chi connectivity index (χ0) is 16.7. The summed E-state index contributed by atoms with van der Waals surface area (Å²) in [6.45, 7) is 4.19. The van der Waals surface area contributed by atoms with Crippen LogP contribution >= 0.6 is 27.7 Å². The second kappa shape index (κ2) is 6.15. The molecule has 0 unspecified atom stereocenters. The Morgan fingerprint density at radius 3 is 2.54 bits per heavy atom. The van der Waals surface area contributed by atoms with Crippen molar-refractivity contribution in [2.24, 2.45) is 0 Å². The minimum Gasteiger partial charge on any atom is -0.290 e. The average molecular weight is 398 g/mol. The molecule has 2 aromatic carbocycles. The van der Waals surface area contributed by atoms with Gasteiger partial charge in [-0.05, 0) is 41.4 Å². The van der Waals surface area contributed by atoms with Crippen LogP contribution in [0.5, 0.6) is 0 Å². The lowest BCUT2D eigenvalue weighted by Crippen LogP contribution is -2.17. The molecule has 24 heavy (non-hydrogen) atoms. The van der Waals surface area contributed by atoms with E-state index in [1.807, 2.05) is 4.68 Å². The number of thioether (sulfide) groups is 1. The summed E-state index contributed by atoms with van der Waals surface area (Å²) in [5.74, 6) is 0. The van der Waals surface area contributed by atoms with Gasteiger partial charge in [-0.2, -0.15) is 0 Å². The van der Waals surface area contributed by atoms with E-state index >= 15 is 0 Å². The zero-order valence-electron chi connectivity index (χ0n) is 13.4. The number of aromatic nitrogens is 2. The molecule has 4 rings (SSSR count). The first-order chi connectivity index (χ1) is 11.6. The van der Waals surface area contributed by atoms with Crippen LogP contribution in [-0.4, -0.2) is 9.66 Å². The third-order valence-electron chi connectivity index (χ3n) is 3.96. The molecule has 0 amide bonds. The highest BCUT2D eigenvalue weighted by Crippen LogP contribution is 2.36. The summed E-state index contributed by atoms with van der Waals surface area (Å²) in [4.78, 5) is 4.78. The molecule has 0 bridgehead atoms. The molecule has 0 radical (unpaired) electrons. The lowest BCUT2D eigenvalue weighted by atomic mass is 10.1. The first-order valence-electron chi connectivity index (χ1n) is 7.68. The van der Waals surface area contributed by atoms with Crippen molar-refractivity contribution in [2.75, 3.05) is 5.43 Å². The Morgan fingerprint density at radius 2 is 1.79 bits per heavy atom. The second-order valence-electron chi connectivity index (χ2n) is 5.87. The van der Waals surface area contributed by atoms with Gasteiger partial charge in [0, 0.05) is 11.0 Å². The zero-order valence-corrected chi connectivity index (χ0v) is 15.8. The van der Waals surface area contributed by atoms with Gasteiger partial charge in [0.1, 0.15) is 10.3 Å². The first-order valence-corrected chi connectivity index (χ1v) is 9.35. The van der Waals surface area contributed by atoms with Gasteiger partial charge in [-0.1, -0.05) is 65.4 Å². The minimum atomic E-state index is 0.925. The predicted octanol–water partition coefficient (Wildman–Crippen LogP) is 5.58. The third-order valence-corrected chi connectivity index (χ3v) is 5.53. The van der Waals surface area contributed by atoms with E-state index in [0.29, 0.717) is 0 Å². The fourth-order valence-corrected chi connectivity index (χ4v) is 4.15. The lowest BCUT2D eigenvalue weighted by Gasteiger charge is -2.18. The molecular formula is C19H16BrN3S. The molecule has 5 heteroatoms. The smallest absolute Gasteiger partial charge is 0.193 e. The highest BCUT2D eigenvalue weighted by Gasteiger charge is 2.21. The molecule has 0 spiro atoms. The molecule has 1 aliphatic heterocycles. The van der Waals surface area contributed by atoms with E-state index < -0.39 is 0 Å². The van der Waals surface area contributed by atoms with E-state index in [9.17, 15) is 0 Å². The van der Waals surface area contributed by atoms with Crippen LogP contribution in [0.3, 0.4) is 0 Å². The molecule has 0 saturated heterocycles. The molecule has 1 N–H and O–H groups in total. The summed E-state index contributed by atoms with van der Waals surface area (Å²) in [5.41, 5.74) is 10.2. The van der Waals surface area contributed by atoms with Crippen LogP contribution < -0.4 is 5.43 Å². The molecular weight excluding hydrogens is 382 g/mol. The molecule has 3 aromatic rings. The summed E-state index contributed by atoms with van der Waals surface area (Å²) < 4.78 is 2.94. The van der Waals surface area contributed by atoms with Gasteiger partial charge in [0.15, 0.2) is 5.16 Å². The number of benzene rings is 2. The monoisotopic (exact) mass is 397 g/mol. The van der Waals surface area contributed by atoms with Crippen molar-refractivity contribution in [3.8, 4) is 11.3 Å². The van der Waals surface area contributed by atoms with Gasteiger partial charge in [-0.3, -0.25) is 5.43 Å². The van der Waals surface area contributed by atoms with Gasteiger partial charge in [-0.15, -0.1) is 0 Å². The van der Waals surface area contributed by atoms with E-state index in [1.54, 1.807) is 11.8 Å². The van der Waals surface area contributed by atoms with Crippen LogP contribution in [0, 0.1) is 13.8 Å². The topological polar surface area (TPSA) is 29.9 Å². The fourth-order valence-electron chi connectivity index (χ4n) is 2.66. The molecule has 2 heterocycles. The normalized spacial score (nSPS) is 13.2. The maximum absolute atomic E-state index is 4.78. The maximum atomic E-state index is 4.78. The van der Waals surface area contributed by atoms with Gasteiger partial charge >= 0.3 is 0 Å². The van der Waals surface area contributed by atoms with E-state index in [-0.39, 0.29) is 0 Å². The van der Waals surface area contributed by atoms with Gasteiger partial charge in [0.25, 0.3) is 0 Å². The van der Waals surface area contributed by atoms with Crippen LogP contribution in [0.25, 0.3) is 17.0 Å². The van der Waals surface area contributed by atoms with Crippen molar-refractivity contribution in [3.05, 3.63) is 75.2 Å². The van der Waals surface area contributed by atoms with Gasteiger partial charge in [-0.25, -0.2) is 9.66 Å². The molecule has 1 aromatic heterocycles. The Balaban J connectivity index is 1.70. The molecule has 0 atom stereocenters. The Morgan fingerprint density at radius 1 is 1.00 bits per heavy atom. The van der Waals surface area contributed by atoms with Crippen LogP contribution in [0.2, 0.25) is 0 Å². The van der Waals surface area contributed by atoms with E-state index in [2.05, 4.69) is 89.1 Å². The number of nitrogens with one attached hydrogen (secondary N) is 1. The van der Waals surface area contributed by atoms with Crippen molar-refractivity contribution in [1.82, 2.24) is 9.66 Å². The first kappa shape index (κ1) is 15.5. The molecule has 120 valence electrons. The molecule has 0 saturated carbocycles. The van der Waals surface area contributed by atoms with Crippen molar-refractivity contribution in [3.63, 3.8) is 0 Å². The SMILES string of the molecule is Cc1ccc(C2=CSc3nc(-c4cccc(C)c4)c(Br)n3N2)cc1. The third kappa shape index (κ3) is 2.78. The molecule has 1 aliphatic rings. The number of fused-ring (bicyclic) bond motifs is 1. The number of halogens is 1. The quantitative estimate of drug-likeness (QED) is 0.612. The number of rotatable bonds is 2. The maximum Gasteiger partial charge on any atom is 0.193 e. The standard InChI is InChI=1S/C19H16BrN3S/c1-12-6-8-14(9-7-12)16-11-24-19-21-17(18(20)23(19)22-16)15-5-3-4-13(2)10-15/h3-11,22H,1-2H3. The van der Waals surface area contributed by atoms with Gasteiger partial charge in [0.05, 0.1) is 5.70 Å². The summed E-state index contributed by atoms with van der Waals surface area (Å²) >= 11 is 5.33. The van der Waals surface area contributed by atoms with Crippen LogP contribution in [0.15, 0.2) is 63.7 Å². The predicted molar refractivity (Wildman–Crippen MR) is 104 cm³/mol. The lowest BCUT2D eigenvalue weighted by molar-refractivity contribution is 0.809. The fraction of sp³-hybridized carbons (Fsp3) is 0.105. The Labute approximate surface area is 153 Å². The summed E-state index contributed by atoms with van der Waals surface area (Å²) in [7, 11) is 0. The van der Waals surface area contributed by atoms with E-state index in [4.69, 9.17) is 4.98 Å². The van der Waals surface area contributed by atoms with Crippen molar-refractivity contribution < 1.29 is 0 Å². The molecule has 0 aliphatic carbocycles. The molecule has 3 nitrogen and oxygen atoms in total. The van der Waals surface area contributed by atoms with Crippen molar-refractivity contribution in [2.45, 2.75) is 19.0 Å². The van der Waals surface area contributed by atoms with Gasteiger partial charge < -0.3 is 0 Å². The highest BCUT2D eigenvalue weighted by molar-refractivity contribution is 9.10. The van der Waals surface area contributed by atoms with E-state index in [0.717, 1.165) is 32.3 Å². The number of imidazole rings is 1. The van der Waals surface area contributed by atoms with E-state index in [1.165, 1.54) is 11.1 Å².